The van der Waals surface area contributed by atoms with E-state index in [1.807, 2.05) is 13.8 Å². The summed E-state index contributed by atoms with van der Waals surface area (Å²) in [5, 5.41) is 13.6. The van der Waals surface area contributed by atoms with Crippen molar-refractivity contribution in [3.63, 3.8) is 0 Å². The maximum atomic E-state index is 11.4. The summed E-state index contributed by atoms with van der Waals surface area (Å²) in [6, 6.07) is -0.925. The van der Waals surface area contributed by atoms with Gasteiger partial charge in [0.1, 0.15) is 0 Å². The van der Waals surface area contributed by atoms with E-state index in [0.717, 1.165) is 0 Å². The normalized spacial score (nSPS) is 14.4. The monoisotopic (exact) mass is 231 g/mol. The zero-order chi connectivity index (χ0) is 12.7. The number of hydrogen-bond acceptors (Lipinski definition) is 4. The van der Waals surface area contributed by atoms with Gasteiger partial charge in [-0.25, -0.2) is 0 Å². The van der Waals surface area contributed by atoms with Gasteiger partial charge in [-0.2, -0.15) is 0 Å². The Bertz CT molecular complexity index is 243. The fraction of sp³-hybridized carbons (Fsp3) is 0.800. The predicted molar refractivity (Wildman–Crippen MR) is 60.5 cm³/mol. The summed E-state index contributed by atoms with van der Waals surface area (Å²) in [7, 11) is 0. The van der Waals surface area contributed by atoms with Crippen LogP contribution in [0.3, 0.4) is 0 Å². The highest BCUT2D eigenvalue weighted by Crippen LogP contribution is 1.97. The van der Waals surface area contributed by atoms with Crippen LogP contribution in [0.4, 0.5) is 0 Å². The summed E-state index contributed by atoms with van der Waals surface area (Å²) in [5.41, 5.74) is 5.59. The Balaban J connectivity index is 3.88. The highest BCUT2D eigenvalue weighted by molar-refractivity contribution is 5.87. The molecule has 0 saturated carbocycles. The lowest BCUT2D eigenvalue weighted by molar-refractivity contribution is -0.127. The van der Waals surface area contributed by atoms with Crippen molar-refractivity contribution in [3.8, 4) is 0 Å². The smallest absolute Gasteiger partial charge is 0.239 e. The highest BCUT2D eigenvalue weighted by atomic mass is 16.3. The van der Waals surface area contributed by atoms with Gasteiger partial charge in [-0.1, -0.05) is 13.8 Å². The first-order valence-corrected chi connectivity index (χ1v) is 5.32. The Kier molecular flexibility index (Phi) is 6.67. The summed E-state index contributed by atoms with van der Waals surface area (Å²) < 4.78 is 0. The van der Waals surface area contributed by atoms with Crippen LogP contribution < -0.4 is 16.4 Å². The lowest BCUT2D eigenvalue weighted by Gasteiger charge is -2.16. The lowest BCUT2D eigenvalue weighted by atomic mass is 10.1. The van der Waals surface area contributed by atoms with Gasteiger partial charge < -0.3 is 21.5 Å². The highest BCUT2D eigenvalue weighted by Gasteiger charge is 2.17. The molecule has 94 valence electrons. The molecule has 0 saturated heterocycles. The van der Waals surface area contributed by atoms with E-state index < -0.39 is 6.04 Å². The quantitative estimate of drug-likeness (QED) is 0.450. The van der Waals surface area contributed by atoms with Crippen LogP contribution >= 0.6 is 0 Å². The first-order chi connectivity index (χ1) is 7.38. The minimum atomic E-state index is -0.608. The Morgan fingerprint density at radius 3 is 2.31 bits per heavy atom. The number of amides is 2. The predicted octanol–water partition coefficient (Wildman–Crippen LogP) is -1.42. The maximum Gasteiger partial charge on any atom is 0.239 e. The van der Waals surface area contributed by atoms with Gasteiger partial charge in [-0.05, 0) is 12.8 Å². The molecule has 0 aromatic heterocycles. The standard InChI is InChI=1S/C10H21N3O3/c1-6(2)9(11)10(16)12-4-8(15)13-7(3)5-14/h6-7,9,14H,4-5,11H2,1-3H3,(H,12,16)(H,13,15)/t7-,9+/m1/s1. The van der Waals surface area contributed by atoms with Crippen molar-refractivity contribution in [2.24, 2.45) is 11.7 Å². The van der Waals surface area contributed by atoms with Gasteiger partial charge in [0, 0.05) is 6.04 Å². The van der Waals surface area contributed by atoms with Crippen molar-refractivity contribution < 1.29 is 14.7 Å². The summed E-state index contributed by atoms with van der Waals surface area (Å²) in [6.07, 6.45) is 0. The van der Waals surface area contributed by atoms with Gasteiger partial charge in [-0.3, -0.25) is 9.59 Å². The van der Waals surface area contributed by atoms with Crippen molar-refractivity contribution in [1.29, 1.82) is 0 Å². The molecule has 16 heavy (non-hydrogen) atoms. The molecular formula is C10H21N3O3. The first-order valence-electron chi connectivity index (χ1n) is 5.32. The van der Waals surface area contributed by atoms with Crippen LogP contribution in [-0.2, 0) is 9.59 Å². The van der Waals surface area contributed by atoms with Gasteiger partial charge in [-0.15, -0.1) is 0 Å². The summed E-state index contributed by atoms with van der Waals surface area (Å²) >= 11 is 0. The van der Waals surface area contributed by atoms with Gasteiger partial charge >= 0.3 is 0 Å². The van der Waals surface area contributed by atoms with Crippen LogP contribution in [0.25, 0.3) is 0 Å². The number of aliphatic hydroxyl groups excluding tert-OH is 1. The molecule has 0 heterocycles. The average Bonchev–Trinajstić information content (AvgIpc) is 2.24. The topological polar surface area (TPSA) is 104 Å². The number of carbonyl (C=O) groups excluding carboxylic acids is 2. The van der Waals surface area contributed by atoms with Crippen molar-refractivity contribution in [2.45, 2.75) is 32.9 Å². The average molecular weight is 231 g/mol. The van der Waals surface area contributed by atoms with Crippen molar-refractivity contribution >= 4 is 11.8 Å². The van der Waals surface area contributed by atoms with E-state index in [2.05, 4.69) is 10.6 Å². The molecule has 2 amide bonds. The fourth-order valence-corrected chi connectivity index (χ4v) is 0.959. The molecule has 0 bridgehead atoms. The maximum absolute atomic E-state index is 11.4. The lowest BCUT2D eigenvalue weighted by Crippen LogP contribution is -2.48. The Morgan fingerprint density at radius 2 is 1.88 bits per heavy atom. The second-order valence-electron chi connectivity index (χ2n) is 4.14. The molecule has 5 N–H and O–H groups in total. The summed E-state index contributed by atoms with van der Waals surface area (Å²) in [4.78, 5) is 22.6. The van der Waals surface area contributed by atoms with E-state index in [1.165, 1.54) is 0 Å². The second kappa shape index (κ2) is 7.19. The first kappa shape index (κ1) is 14.9. The molecule has 0 fully saturated rings. The SMILES string of the molecule is CC(C)[C@H](N)C(=O)NCC(=O)N[C@H](C)CO. The number of rotatable bonds is 6. The molecule has 0 unspecified atom stereocenters. The van der Waals surface area contributed by atoms with Crippen molar-refractivity contribution in [1.82, 2.24) is 10.6 Å². The number of aliphatic hydroxyl groups is 1. The second-order valence-corrected chi connectivity index (χ2v) is 4.14. The number of nitrogens with one attached hydrogen (secondary N) is 2. The zero-order valence-corrected chi connectivity index (χ0v) is 9.99. The summed E-state index contributed by atoms with van der Waals surface area (Å²) in [5.74, 6) is -0.660. The Hall–Kier alpha value is -1.14. The fourth-order valence-electron chi connectivity index (χ4n) is 0.959. The van der Waals surface area contributed by atoms with Crippen LogP contribution in [0.1, 0.15) is 20.8 Å². The van der Waals surface area contributed by atoms with E-state index in [1.54, 1.807) is 6.92 Å². The molecule has 0 aliphatic carbocycles. The molecule has 0 rings (SSSR count). The zero-order valence-electron chi connectivity index (χ0n) is 9.99. The van der Waals surface area contributed by atoms with E-state index in [0.29, 0.717) is 0 Å². The van der Waals surface area contributed by atoms with Crippen LogP contribution in [0, 0.1) is 5.92 Å². The van der Waals surface area contributed by atoms with Gasteiger partial charge in [0.2, 0.25) is 11.8 Å². The molecule has 0 aromatic carbocycles. The molecule has 0 radical (unpaired) electrons. The summed E-state index contributed by atoms with van der Waals surface area (Å²) in [6.45, 7) is 5.07. The Labute approximate surface area is 95.6 Å². The molecule has 0 aliphatic heterocycles. The third kappa shape index (κ3) is 5.67. The van der Waals surface area contributed by atoms with Gasteiger partial charge in [0.05, 0.1) is 19.2 Å². The van der Waals surface area contributed by atoms with E-state index >= 15 is 0 Å². The minimum Gasteiger partial charge on any atom is -0.394 e. The van der Waals surface area contributed by atoms with Gasteiger partial charge in [0.25, 0.3) is 0 Å². The third-order valence-corrected chi connectivity index (χ3v) is 2.13. The van der Waals surface area contributed by atoms with Crippen molar-refractivity contribution in [3.05, 3.63) is 0 Å². The minimum absolute atomic E-state index is 0.0272. The van der Waals surface area contributed by atoms with E-state index in [4.69, 9.17) is 10.8 Å². The van der Waals surface area contributed by atoms with Crippen LogP contribution in [0.15, 0.2) is 0 Å². The number of nitrogens with two attached hydrogens (primary N) is 1. The molecule has 0 aliphatic rings. The van der Waals surface area contributed by atoms with Crippen LogP contribution in [-0.4, -0.2) is 42.2 Å². The molecule has 6 nitrogen and oxygen atoms in total. The Morgan fingerprint density at radius 1 is 1.31 bits per heavy atom. The largest absolute Gasteiger partial charge is 0.394 e. The molecule has 2 atom stereocenters. The van der Waals surface area contributed by atoms with E-state index in [-0.39, 0.29) is 36.9 Å². The van der Waals surface area contributed by atoms with Crippen molar-refractivity contribution in [2.75, 3.05) is 13.2 Å². The number of hydrogen-bond donors (Lipinski definition) is 4. The molecule has 0 spiro atoms. The molecule has 0 aromatic rings. The van der Waals surface area contributed by atoms with Crippen LogP contribution in [0.5, 0.6) is 0 Å². The third-order valence-electron chi connectivity index (χ3n) is 2.13. The molecular weight excluding hydrogens is 210 g/mol. The molecule has 6 heteroatoms. The van der Waals surface area contributed by atoms with Gasteiger partial charge in [0.15, 0.2) is 0 Å². The van der Waals surface area contributed by atoms with E-state index in [9.17, 15) is 9.59 Å². The van der Waals surface area contributed by atoms with Crippen LogP contribution in [0.2, 0.25) is 0 Å². The number of carbonyl (C=O) groups is 2.